The molecule has 0 amide bonds. The van der Waals surface area contributed by atoms with Crippen molar-refractivity contribution < 1.29 is 4.92 Å². The summed E-state index contributed by atoms with van der Waals surface area (Å²) in [6.07, 6.45) is 4.84. The lowest BCUT2D eigenvalue weighted by Crippen LogP contribution is -2.03. The quantitative estimate of drug-likeness (QED) is 0.645. The monoisotopic (exact) mass is 266 g/mol. The summed E-state index contributed by atoms with van der Waals surface area (Å²) < 4.78 is 0. The average molecular weight is 266 g/mol. The highest BCUT2D eigenvalue weighted by molar-refractivity contribution is 8.00. The molecule has 0 atom stereocenters. The smallest absolute Gasteiger partial charge is 0.305 e. The molecule has 0 aromatic heterocycles. The van der Waals surface area contributed by atoms with E-state index in [4.69, 9.17) is 0 Å². The number of nitro groups is 1. The first-order valence-corrected chi connectivity index (χ1v) is 7.28. The van der Waals surface area contributed by atoms with Crippen molar-refractivity contribution in [1.82, 2.24) is 0 Å². The van der Waals surface area contributed by atoms with Gasteiger partial charge in [-0.2, -0.15) is 0 Å². The van der Waals surface area contributed by atoms with Crippen molar-refractivity contribution in [2.24, 2.45) is 0 Å². The van der Waals surface area contributed by atoms with Crippen molar-refractivity contribution in [2.45, 2.75) is 42.8 Å². The summed E-state index contributed by atoms with van der Waals surface area (Å²) in [6.45, 7) is 2.64. The number of hydrogen-bond donors (Lipinski definition) is 1. The van der Waals surface area contributed by atoms with Crippen LogP contribution in [0.25, 0.3) is 0 Å². The first-order valence-electron chi connectivity index (χ1n) is 6.40. The Kier molecular flexibility index (Phi) is 4.47. The SMILES string of the molecule is CCNc1cccc(SC2CCCC2)c1[N+](=O)[O-]. The van der Waals surface area contributed by atoms with E-state index in [1.165, 1.54) is 25.7 Å². The Labute approximate surface area is 111 Å². The van der Waals surface area contributed by atoms with Gasteiger partial charge >= 0.3 is 5.69 Å². The Morgan fingerprint density at radius 3 is 2.78 bits per heavy atom. The molecule has 1 aliphatic rings. The van der Waals surface area contributed by atoms with Gasteiger partial charge in [-0.15, -0.1) is 11.8 Å². The third-order valence-electron chi connectivity index (χ3n) is 3.14. The molecule has 18 heavy (non-hydrogen) atoms. The van der Waals surface area contributed by atoms with Gasteiger partial charge in [0.15, 0.2) is 0 Å². The second-order valence-electron chi connectivity index (χ2n) is 4.46. The van der Waals surface area contributed by atoms with E-state index in [9.17, 15) is 10.1 Å². The zero-order valence-electron chi connectivity index (χ0n) is 10.5. The van der Waals surface area contributed by atoms with Gasteiger partial charge in [0.2, 0.25) is 0 Å². The van der Waals surface area contributed by atoms with Gasteiger partial charge < -0.3 is 5.32 Å². The molecule has 5 heteroatoms. The summed E-state index contributed by atoms with van der Waals surface area (Å²) in [4.78, 5) is 11.8. The van der Waals surface area contributed by atoms with E-state index in [0.717, 1.165) is 4.90 Å². The molecule has 1 N–H and O–H groups in total. The first kappa shape index (κ1) is 13.2. The van der Waals surface area contributed by atoms with Crippen molar-refractivity contribution in [3.8, 4) is 0 Å². The topological polar surface area (TPSA) is 55.2 Å². The normalized spacial score (nSPS) is 15.8. The minimum absolute atomic E-state index is 0.233. The number of hydrogen-bond acceptors (Lipinski definition) is 4. The highest BCUT2D eigenvalue weighted by Gasteiger charge is 2.24. The maximum atomic E-state index is 11.2. The molecule has 1 aromatic carbocycles. The van der Waals surface area contributed by atoms with Crippen LogP contribution < -0.4 is 5.32 Å². The van der Waals surface area contributed by atoms with Crippen LogP contribution in [0.2, 0.25) is 0 Å². The molecule has 2 rings (SSSR count). The standard InChI is InChI=1S/C13H18N2O2S/c1-2-14-11-8-5-9-12(13(11)15(16)17)18-10-6-3-4-7-10/h5,8-10,14H,2-4,6-7H2,1H3. The molecule has 0 bridgehead atoms. The Bertz CT molecular complexity index is 431. The van der Waals surface area contributed by atoms with Crippen molar-refractivity contribution in [3.05, 3.63) is 28.3 Å². The Morgan fingerprint density at radius 1 is 1.44 bits per heavy atom. The maximum absolute atomic E-state index is 11.2. The Balaban J connectivity index is 2.26. The molecular weight excluding hydrogens is 248 g/mol. The number of thioether (sulfide) groups is 1. The average Bonchev–Trinajstić information content (AvgIpc) is 2.82. The predicted molar refractivity (Wildman–Crippen MR) is 75.4 cm³/mol. The van der Waals surface area contributed by atoms with Crippen LogP contribution in [0.5, 0.6) is 0 Å². The van der Waals surface area contributed by atoms with Gasteiger partial charge in [-0.1, -0.05) is 18.9 Å². The summed E-state index contributed by atoms with van der Waals surface area (Å²) in [7, 11) is 0. The minimum atomic E-state index is -0.269. The number of nitrogens with one attached hydrogen (secondary N) is 1. The van der Waals surface area contributed by atoms with Gasteiger partial charge in [0.25, 0.3) is 0 Å². The molecule has 98 valence electrons. The number of nitrogens with zero attached hydrogens (tertiary/aromatic N) is 1. The van der Waals surface area contributed by atoms with Gasteiger partial charge in [0, 0.05) is 11.8 Å². The number of para-hydroxylation sites is 1. The molecule has 0 radical (unpaired) electrons. The minimum Gasteiger partial charge on any atom is -0.380 e. The van der Waals surface area contributed by atoms with Crippen molar-refractivity contribution in [3.63, 3.8) is 0 Å². The summed E-state index contributed by atoms with van der Waals surface area (Å²) >= 11 is 1.66. The van der Waals surface area contributed by atoms with Crippen LogP contribution in [0.3, 0.4) is 0 Å². The van der Waals surface area contributed by atoms with E-state index in [1.54, 1.807) is 17.8 Å². The van der Waals surface area contributed by atoms with Crippen molar-refractivity contribution in [2.75, 3.05) is 11.9 Å². The van der Waals surface area contributed by atoms with Crippen molar-refractivity contribution >= 4 is 23.1 Å². The lowest BCUT2D eigenvalue weighted by molar-refractivity contribution is -0.386. The van der Waals surface area contributed by atoms with E-state index < -0.39 is 0 Å². The third kappa shape index (κ3) is 2.96. The second-order valence-corrected chi connectivity index (χ2v) is 5.81. The van der Waals surface area contributed by atoms with Crippen LogP contribution in [-0.2, 0) is 0 Å². The summed E-state index contributed by atoms with van der Waals surface area (Å²) in [5.74, 6) is 0. The molecule has 0 saturated heterocycles. The number of anilines is 1. The molecule has 0 aliphatic heterocycles. The van der Waals surface area contributed by atoms with E-state index in [2.05, 4.69) is 5.32 Å². The zero-order valence-corrected chi connectivity index (χ0v) is 11.3. The first-order chi connectivity index (χ1) is 8.72. The largest absolute Gasteiger partial charge is 0.380 e. The molecule has 0 spiro atoms. The van der Waals surface area contributed by atoms with Gasteiger partial charge in [0.05, 0.1) is 9.82 Å². The number of rotatable bonds is 5. The lowest BCUT2D eigenvalue weighted by Gasteiger charge is -2.11. The van der Waals surface area contributed by atoms with Crippen LogP contribution in [0.15, 0.2) is 23.1 Å². The van der Waals surface area contributed by atoms with Crippen molar-refractivity contribution in [1.29, 1.82) is 0 Å². The molecule has 0 unspecified atom stereocenters. The van der Waals surface area contributed by atoms with E-state index in [1.807, 2.05) is 19.1 Å². The summed E-state index contributed by atoms with van der Waals surface area (Å²) in [5, 5.41) is 14.9. The lowest BCUT2D eigenvalue weighted by atomic mass is 10.2. The van der Waals surface area contributed by atoms with Gasteiger partial charge in [-0.05, 0) is 31.9 Å². The Morgan fingerprint density at radius 2 is 2.17 bits per heavy atom. The molecule has 1 aliphatic carbocycles. The fraction of sp³-hybridized carbons (Fsp3) is 0.538. The summed E-state index contributed by atoms with van der Waals surface area (Å²) in [5.41, 5.74) is 0.863. The van der Waals surface area contributed by atoms with Gasteiger partial charge in [-0.25, -0.2) is 0 Å². The van der Waals surface area contributed by atoms with Gasteiger partial charge in [-0.3, -0.25) is 10.1 Å². The molecule has 1 fully saturated rings. The van der Waals surface area contributed by atoms with Crippen LogP contribution in [0.4, 0.5) is 11.4 Å². The second kappa shape index (κ2) is 6.09. The Hall–Kier alpha value is -1.23. The third-order valence-corrected chi connectivity index (χ3v) is 4.53. The number of benzene rings is 1. The molecule has 1 saturated carbocycles. The fourth-order valence-electron chi connectivity index (χ4n) is 2.32. The van der Waals surface area contributed by atoms with Crippen LogP contribution in [0, 0.1) is 10.1 Å². The molecule has 4 nitrogen and oxygen atoms in total. The number of nitro benzene ring substituents is 1. The molecular formula is C13H18N2O2S. The van der Waals surface area contributed by atoms with Crippen LogP contribution in [-0.4, -0.2) is 16.7 Å². The highest BCUT2D eigenvalue weighted by Crippen LogP contribution is 2.41. The van der Waals surface area contributed by atoms with E-state index >= 15 is 0 Å². The highest BCUT2D eigenvalue weighted by atomic mass is 32.2. The van der Waals surface area contributed by atoms with Crippen LogP contribution in [0.1, 0.15) is 32.6 Å². The zero-order chi connectivity index (χ0) is 13.0. The predicted octanol–water partition coefficient (Wildman–Crippen LogP) is 4.06. The fourth-order valence-corrected chi connectivity index (χ4v) is 3.71. The van der Waals surface area contributed by atoms with E-state index in [0.29, 0.717) is 17.5 Å². The maximum Gasteiger partial charge on any atom is 0.305 e. The molecule has 0 heterocycles. The van der Waals surface area contributed by atoms with Crippen LogP contribution >= 0.6 is 11.8 Å². The molecule has 1 aromatic rings. The summed E-state index contributed by atoms with van der Waals surface area (Å²) in [6, 6.07) is 5.53. The van der Waals surface area contributed by atoms with E-state index in [-0.39, 0.29) is 10.6 Å². The van der Waals surface area contributed by atoms with Gasteiger partial charge in [0.1, 0.15) is 5.69 Å².